The van der Waals surface area contributed by atoms with E-state index in [1.165, 1.54) is 6.08 Å². The summed E-state index contributed by atoms with van der Waals surface area (Å²) in [4.78, 5) is 36.9. The summed E-state index contributed by atoms with van der Waals surface area (Å²) in [5.41, 5.74) is 7.48. The Kier molecular flexibility index (Phi) is 5.39. The van der Waals surface area contributed by atoms with E-state index in [0.717, 1.165) is 6.08 Å². The first-order valence-electron chi connectivity index (χ1n) is 7.76. The molecule has 140 valence electrons. The molecule has 0 spiro atoms. The Balaban J connectivity index is 3.46. The van der Waals surface area contributed by atoms with Gasteiger partial charge in [-0.1, -0.05) is 0 Å². The first-order valence-corrected chi connectivity index (χ1v) is 7.76. The largest absolute Gasteiger partial charge is 0.478 e. The van der Waals surface area contributed by atoms with Crippen LogP contribution in [0.15, 0.2) is 23.4 Å². The minimum Gasteiger partial charge on any atom is -0.478 e. The minimum absolute atomic E-state index is 0.178. The molecular weight excluding hydrogens is 328 g/mol. The van der Waals surface area contributed by atoms with Gasteiger partial charge in [-0.05, 0) is 53.7 Å². The molecule has 0 aromatic heterocycles. The number of nitrogens with two attached hydrogens (primary N) is 2. The van der Waals surface area contributed by atoms with Crippen molar-refractivity contribution < 1.29 is 29.0 Å². The van der Waals surface area contributed by atoms with E-state index in [0.29, 0.717) is 0 Å². The highest BCUT2D eigenvalue weighted by molar-refractivity contribution is 6.02. The summed E-state index contributed by atoms with van der Waals surface area (Å²) in [5.74, 6) is -5.01. The SMILES string of the molecule is CC(C)(C)OC(=O)C1C(C(=O)O)=CC=C(N)C1(N)C(=O)OC(C)(C)C. The van der Waals surface area contributed by atoms with Crippen molar-refractivity contribution >= 4 is 17.9 Å². The molecule has 8 nitrogen and oxygen atoms in total. The van der Waals surface area contributed by atoms with Crippen molar-refractivity contribution in [1.82, 2.24) is 0 Å². The third kappa shape index (κ3) is 4.60. The number of rotatable bonds is 3. The normalized spacial score (nSPS) is 24.0. The highest BCUT2D eigenvalue weighted by Gasteiger charge is 2.56. The van der Waals surface area contributed by atoms with Gasteiger partial charge in [-0.25, -0.2) is 9.59 Å². The van der Waals surface area contributed by atoms with Gasteiger partial charge in [-0.2, -0.15) is 0 Å². The maximum atomic E-state index is 12.7. The number of hydrogen-bond acceptors (Lipinski definition) is 7. The molecule has 0 amide bonds. The number of carboxylic acids is 1. The molecule has 0 saturated heterocycles. The first kappa shape index (κ1) is 20.7. The van der Waals surface area contributed by atoms with Crippen molar-refractivity contribution in [1.29, 1.82) is 0 Å². The Hall–Kier alpha value is -2.35. The summed E-state index contributed by atoms with van der Waals surface area (Å²) < 4.78 is 10.5. The highest BCUT2D eigenvalue weighted by atomic mass is 16.6. The van der Waals surface area contributed by atoms with Gasteiger partial charge >= 0.3 is 17.9 Å². The number of hydrogen-bond donors (Lipinski definition) is 3. The molecule has 2 unspecified atom stereocenters. The molecule has 1 aliphatic rings. The maximum absolute atomic E-state index is 12.7. The summed E-state index contributed by atoms with van der Waals surface area (Å²) in [5, 5.41) is 9.43. The predicted octanol–water partition coefficient (Wildman–Crippen LogP) is 0.851. The van der Waals surface area contributed by atoms with Crippen molar-refractivity contribution in [3.8, 4) is 0 Å². The molecule has 1 rings (SSSR count). The maximum Gasteiger partial charge on any atom is 0.334 e. The first-order chi connectivity index (χ1) is 11.1. The average molecular weight is 354 g/mol. The molecule has 0 aromatic carbocycles. The van der Waals surface area contributed by atoms with Crippen LogP contribution in [0.4, 0.5) is 0 Å². The van der Waals surface area contributed by atoms with Crippen molar-refractivity contribution in [2.75, 3.05) is 0 Å². The third-order valence-electron chi connectivity index (χ3n) is 3.31. The van der Waals surface area contributed by atoms with Gasteiger partial charge in [0.1, 0.15) is 17.1 Å². The van der Waals surface area contributed by atoms with Crippen LogP contribution in [0.2, 0.25) is 0 Å². The van der Waals surface area contributed by atoms with Crippen LogP contribution in [-0.4, -0.2) is 39.8 Å². The molecule has 0 heterocycles. The fourth-order valence-corrected chi connectivity index (χ4v) is 2.29. The third-order valence-corrected chi connectivity index (χ3v) is 3.31. The van der Waals surface area contributed by atoms with Crippen molar-refractivity contribution in [2.24, 2.45) is 17.4 Å². The molecule has 0 bridgehead atoms. The number of esters is 2. The standard InChI is InChI=1S/C17H26N2O6/c1-15(2,3)24-13(22)11-9(12(20)21)7-8-10(18)17(11,19)14(23)25-16(4,5)6/h7-8,11H,18-19H2,1-6H3,(H,20,21). The zero-order valence-electron chi connectivity index (χ0n) is 15.4. The number of carbonyl (C=O) groups excluding carboxylic acids is 2. The summed E-state index contributed by atoms with van der Waals surface area (Å²) >= 11 is 0. The smallest absolute Gasteiger partial charge is 0.334 e. The van der Waals surface area contributed by atoms with E-state index in [1.54, 1.807) is 41.5 Å². The fourth-order valence-electron chi connectivity index (χ4n) is 2.29. The number of aliphatic carboxylic acids is 1. The van der Waals surface area contributed by atoms with E-state index in [1.807, 2.05) is 0 Å². The van der Waals surface area contributed by atoms with Crippen LogP contribution >= 0.6 is 0 Å². The average Bonchev–Trinajstić information content (AvgIpc) is 2.36. The van der Waals surface area contributed by atoms with Gasteiger partial charge in [0.25, 0.3) is 0 Å². The Bertz CT molecular complexity index is 651. The molecule has 5 N–H and O–H groups in total. The lowest BCUT2D eigenvalue weighted by Gasteiger charge is -2.39. The Morgan fingerprint density at radius 2 is 1.52 bits per heavy atom. The van der Waals surface area contributed by atoms with E-state index in [-0.39, 0.29) is 5.70 Å². The summed E-state index contributed by atoms with van der Waals surface area (Å²) in [6, 6.07) is 0. The number of allylic oxidation sites excluding steroid dienone is 2. The summed E-state index contributed by atoms with van der Waals surface area (Å²) in [6.45, 7) is 9.70. The van der Waals surface area contributed by atoms with E-state index >= 15 is 0 Å². The van der Waals surface area contributed by atoms with Gasteiger partial charge in [0, 0.05) is 5.70 Å². The lowest BCUT2D eigenvalue weighted by molar-refractivity contribution is -0.172. The van der Waals surface area contributed by atoms with Crippen LogP contribution in [0.5, 0.6) is 0 Å². The fraction of sp³-hybridized carbons (Fsp3) is 0.588. The van der Waals surface area contributed by atoms with E-state index in [9.17, 15) is 19.5 Å². The molecule has 0 fully saturated rings. The minimum atomic E-state index is -2.18. The topological polar surface area (TPSA) is 142 Å². The number of carboxylic acid groups (broad SMARTS) is 1. The van der Waals surface area contributed by atoms with Crippen molar-refractivity contribution in [3.05, 3.63) is 23.4 Å². The second-order valence-corrected chi connectivity index (χ2v) is 7.89. The zero-order valence-corrected chi connectivity index (χ0v) is 15.4. The van der Waals surface area contributed by atoms with E-state index < -0.39 is 46.1 Å². The molecule has 0 aromatic rings. The van der Waals surface area contributed by atoms with Gasteiger partial charge in [0.15, 0.2) is 5.54 Å². The molecule has 0 aliphatic heterocycles. The zero-order chi connectivity index (χ0) is 19.8. The van der Waals surface area contributed by atoms with E-state index in [4.69, 9.17) is 20.9 Å². The van der Waals surface area contributed by atoms with Gasteiger partial charge in [-0.3, -0.25) is 4.79 Å². The molecule has 1 aliphatic carbocycles. The Morgan fingerprint density at radius 3 is 1.92 bits per heavy atom. The Labute approximate surface area is 146 Å². The lowest BCUT2D eigenvalue weighted by atomic mass is 9.73. The van der Waals surface area contributed by atoms with Crippen LogP contribution < -0.4 is 11.5 Å². The van der Waals surface area contributed by atoms with Gasteiger partial charge in [0.2, 0.25) is 0 Å². The number of carbonyl (C=O) groups is 3. The van der Waals surface area contributed by atoms with Crippen molar-refractivity contribution in [2.45, 2.75) is 58.3 Å². The van der Waals surface area contributed by atoms with Gasteiger partial charge in [0.05, 0.1) is 5.57 Å². The number of ether oxygens (including phenoxy) is 2. The van der Waals surface area contributed by atoms with Crippen LogP contribution in [0.3, 0.4) is 0 Å². The predicted molar refractivity (Wildman–Crippen MR) is 90.1 cm³/mol. The monoisotopic (exact) mass is 354 g/mol. The second kappa shape index (κ2) is 6.51. The van der Waals surface area contributed by atoms with Crippen LogP contribution in [0.1, 0.15) is 41.5 Å². The van der Waals surface area contributed by atoms with Gasteiger partial charge in [-0.15, -0.1) is 0 Å². The molecule has 2 atom stereocenters. The van der Waals surface area contributed by atoms with Crippen LogP contribution in [0.25, 0.3) is 0 Å². The Morgan fingerprint density at radius 1 is 1.04 bits per heavy atom. The molecule has 8 heteroatoms. The second-order valence-electron chi connectivity index (χ2n) is 7.89. The summed E-state index contributed by atoms with van der Waals surface area (Å²) in [6.07, 6.45) is 2.33. The molecule has 25 heavy (non-hydrogen) atoms. The quantitative estimate of drug-likeness (QED) is 0.633. The molecule has 0 saturated carbocycles. The van der Waals surface area contributed by atoms with Gasteiger partial charge < -0.3 is 26.0 Å². The highest BCUT2D eigenvalue weighted by Crippen LogP contribution is 2.35. The summed E-state index contributed by atoms with van der Waals surface area (Å²) in [7, 11) is 0. The van der Waals surface area contributed by atoms with Crippen molar-refractivity contribution in [3.63, 3.8) is 0 Å². The van der Waals surface area contributed by atoms with Crippen LogP contribution in [0, 0.1) is 5.92 Å². The molecule has 0 radical (unpaired) electrons. The lowest BCUT2D eigenvalue weighted by Crippen LogP contribution is -2.64. The van der Waals surface area contributed by atoms with E-state index in [2.05, 4.69) is 0 Å². The van der Waals surface area contributed by atoms with Crippen LogP contribution in [-0.2, 0) is 23.9 Å². The molecular formula is C17H26N2O6.